The Hall–Kier alpha value is -0.0800. The highest BCUT2D eigenvalue weighted by Crippen LogP contribution is 2.11. The third kappa shape index (κ3) is 27.9. The van der Waals surface area contributed by atoms with E-state index < -0.39 is 0 Å². The van der Waals surface area contributed by atoms with E-state index in [-0.39, 0.29) is 0 Å². The molecule has 0 rings (SSSR count). The summed E-state index contributed by atoms with van der Waals surface area (Å²) in [6.45, 7) is 8.19. The fraction of sp³-hybridized carbons (Fsp3) is 1.00. The summed E-state index contributed by atoms with van der Waals surface area (Å²) in [7, 11) is 0. The van der Waals surface area contributed by atoms with Gasteiger partial charge in [-0.05, 0) is 19.3 Å². The zero-order valence-corrected chi connectivity index (χ0v) is 20.5. The smallest absolute Gasteiger partial charge is 0.0487 e. The van der Waals surface area contributed by atoms with E-state index in [1.54, 1.807) is 0 Å². The summed E-state index contributed by atoms with van der Waals surface area (Å²) in [4.78, 5) is 0. The molecule has 0 N–H and O–H groups in total. The Kier molecular flexibility index (Phi) is 27.8. The molecule has 2 heteroatoms. The predicted octanol–water partition coefficient (Wildman–Crippen LogP) is 9.25. The summed E-state index contributed by atoms with van der Waals surface area (Å²) in [5.74, 6) is 0. The minimum Gasteiger partial charge on any atom is -0.381 e. The summed E-state index contributed by atoms with van der Waals surface area (Å²) in [6.07, 6.45) is 28.8. The lowest BCUT2D eigenvalue weighted by Gasteiger charge is -2.06. The van der Waals surface area contributed by atoms with Crippen molar-refractivity contribution in [2.45, 2.75) is 149 Å². The van der Waals surface area contributed by atoms with Gasteiger partial charge in [0.2, 0.25) is 0 Å². The topological polar surface area (TPSA) is 18.5 Å². The average molecular weight is 413 g/mol. The molecule has 2 nitrogen and oxygen atoms in total. The largest absolute Gasteiger partial charge is 0.381 e. The Labute approximate surface area is 184 Å². The minimum absolute atomic E-state index is 0.870. The van der Waals surface area contributed by atoms with E-state index >= 15 is 0 Å². The van der Waals surface area contributed by atoms with Crippen LogP contribution in [-0.2, 0) is 9.47 Å². The predicted molar refractivity (Wildman–Crippen MR) is 130 cm³/mol. The van der Waals surface area contributed by atoms with Gasteiger partial charge in [-0.25, -0.2) is 0 Å². The molecule has 0 radical (unpaired) electrons. The van der Waals surface area contributed by atoms with Crippen LogP contribution in [0.1, 0.15) is 149 Å². The molecule has 0 aliphatic heterocycles. The second kappa shape index (κ2) is 27.9. The van der Waals surface area contributed by atoms with Crippen LogP contribution in [0, 0.1) is 0 Å². The van der Waals surface area contributed by atoms with Crippen LogP contribution in [0.3, 0.4) is 0 Å². The molecule has 0 fully saturated rings. The molecule has 0 aliphatic carbocycles. The van der Waals surface area contributed by atoms with E-state index in [0.29, 0.717) is 0 Å². The highest BCUT2D eigenvalue weighted by Gasteiger charge is 1.95. The van der Waals surface area contributed by atoms with Crippen molar-refractivity contribution in [2.75, 3.05) is 26.4 Å². The summed E-state index contributed by atoms with van der Waals surface area (Å²) in [6, 6.07) is 0. The summed E-state index contributed by atoms with van der Waals surface area (Å²) in [5, 5.41) is 0. The van der Waals surface area contributed by atoms with E-state index in [2.05, 4.69) is 13.8 Å². The van der Waals surface area contributed by atoms with Crippen molar-refractivity contribution < 1.29 is 9.47 Å². The van der Waals surface area contributed by atoms with Gasteiger partial charge in [0.15, 0.2) is 0 Å². The molecule has 0 bridgehead atoms. The first kappa shape index (κ1) is 28.9. The molecule has 0 heterocycles. The Morgan fingerprint density at radius 2 is 0.517 bits per heavy atom. The molecule has 0 saturated carbocycles. The highest BCUT2D eigenvalue weighted by atomic mass is 16.5. The molecular formula is C27H56O2. The highest BCUT2D eigenvalue weighted by molar-refractivity contribution is 4.49. The monoisotopic (exact) mass is 412 g/mol. The first-order valence-electron chi connectivity index (χ1n) is 13.6. The summed E-state index contributed by atoms with van der Waals surface area (Å²) < 4.78 is 11.5. The molecule has 0 aromatic heterocycles. The van der Waals surface area contributed by atoms with E-state index in [4.69, 9.17) is 9.47 Å². The molecule has 0 spiro atoms. The Morgan fingerprint density at radius 1 is 0.276 bits per heavy atom. The van der Waals surface area contributed by atoms with Crippen molar-refractivity contribution in [3.05, 3.63) is 0 Å². The van der Waals surface area contributed by atoms with Gasteiger partial charge < -0.3 is 9.47 Å². The van der Waals surface area contributed by atoms with Crippen molar-refractivity contribution in [1.29, 1.82) is 0 Å². The van der Waals surface area contributed by atoms with Gasteiger partial charge in [-0.15, -0.1) is 0 Å². The number of hydrogen-bond acceptors (Lipinski definition) is 2. The second-order valence-corrected chi connectivity index (χ2v) is 8.94. The van der Waals surface area contributed by atoms with E-state index in [9.17, 15) is 0 Å². The molecule has 176 valence electrons. The lowest BCUT2D eigenvalue weighted by Crippen LogP contribution is -2.03. The van der Waals surface area contributed by atoms with Crippen LogP contribution in [0.25, 0.3) is 0 Å². The van der Waals surface area contributed by atoms with Crippen LogP contribution in [0.5, 0.6) is 0 Å². The van der Waals surface area contributed by atoms with Crippen molar-refractivity contribution in [1.82, 2.24) is 0 Å². The van der Waals surface area contributed by atoms with Crippen molar-refractivity contribution in [2.24, 2.45) is 0 Å². The zero-order chi connectivity index (χ0) is 21.1. The molecule has 29 heavy (non-hydrogen) atoms. The van der Waals surface area contributed by atoms with E-state index in [0.717, 1.165) is 32.8 Å². The van der Waals surface area contributed by atoms with E-state index in [1.165, 1.54) is 128 Å². The molecular weight excluding hydrogens is 356 g/mol. The fourth-order valence-corrected chi connectivity index (χ4v) is 3.85. The molecule has 0 unspecified atom stereocenters. The van der Waals surface area contributed by atoms with Crippen LogP contribution >= 0.6 is 0 Å². The van der Waals surface area contributed by atoms with Crippen LogP contribution in [0.15, 0.2) is 0 Å². The maximum absolute atomic E-state index is 5.73. The van der Waals surface area contributed by atoms with Gasteiger partial charge in [-0.2, -0.15) is 0 Å². The first-order valence-corrected chi connectivity index (χ1v) is 13.6. The quantitative estimate of drug-likeness (QED) is 0.132. The Bertz CT molecular complexity index is 241. The number of unbranched alkanes of at least 4 members (excludes halogenated alkanes) is 18. The molecule has 0 aromatic rings. The normalized spacial score (nSPS) is 11.4. The summed E-state index contributed by atoms with van der Waals surface area (Å²) >= 11 is 0. The second-order valence-electron chi connectivity index (χ2n) is 8.94. The minimum atomic E-state index is 0.870. The average Bonchev–Trinajstić information content (AvgIpc) is 2.74. The maximum Gasteiger partial charge on any atom is 0.0487 e. The standard InChI is InChI=1S/C27H56O2/c1-3-5-7-9-11-13-15-17-19-21-24-28-26-23-27-29-25-22-20-18-16-14-12-10-8-6-4-2/h3-27H2,1-2H3. The van der Waals surface area contributed by atoms with Gasteiger partial charge in [-0.3, -0.25) is 0 Å². The van der Waals surface area contributed by atoms with Gasteiger partial charge in [0.1, 0.15) is 0 Å². The Morgan fingerprint density at radius 3 is 0.828 bits per heavy atom. The fourth-order valence-electron chi connectivity index (χ4n) is 3.85. The molecule has 0 aromatic carbocycles. The third-order valence-corrected chi connectivity index (χ3v) is 5.86. The third-order valence-electron chi connectivity index (χ3n) is 5.86. The van der Waals surface area contributed by atoms with Crippen LogP contribution < -0.4 is 0 Å². The van der Waals surface area contributed by atoms with Crippen LogP contribution in [0.2, 0.25) is 0 Å². The first-order chi connectivity index (χ1) is 14.4. The van der Waals surface area contributed by atoms with Crippen molar-refractivity contribution in [3.8, 4) is 0 Å². The van der Waals surface area contributed by atoms with Crippen molar-refractivity contribution in [3.63, 3.8) is 0 Å². The van der Waals surface area contributed by atoms with Gasteiger partial charge >= 0.3 is 0 Å². The van der Waals surface area contributed by atoms with Crippen LogP contribution in [-0.4, -0.2) is 26.4 Å². The number of rotatable bonds is 26. The molecule has 0 amide bonds. The summed E-state index contributed by atoms with van der Waals surface area (Å²) in [5.41, 5.74) is 0. The van der Waals surface area contributed by atoms with Gasteiger partial charge in [0, 0.05) is 26.4 Å². The van der Waals surface area contributed by atoms with Gasteiger partial charge in [0.05, 0.1) is 0 Å². The number of ether oxygens (including phenoxy) is 2. The molecule has 0 saturated heterocycles. The molecule has 0 atom stereocenters. The van der Waals surface area contributed by atoms with Gasteiger partial charge in [0.25, 0.3) is 0 Å². The maximum atomic E-state index is 5.73. The lowest BCUT2D eigenvalue weighted by molar-refractivity contribution is 0.0794. The van der Waals surface area contributed by atoms with Crippen LogP contribution in [0.4, 0.5) is 0 Å². The lowest BCUT2D eigenvalue weighted by atomic mass is 10.1. The van der Waals surface area contributed by atoms with Crippen molar-refractivity contribution >= 4 is 0 Å². The van der Waals surface area contributed by atoms with Gasteiger partial charge in [-0.1, -0.05) is 129 Å². The molecule has 0 aliphatic rings. The zero-order valence-electron chi connectivity index (χ0n) is 20.5. The van der Waals surface area contributed by atoms with E-state index in [1.807, 2.05) is 0 Å². The Balaban J connectivity index is 2.97. The number of hydrogen-bond donors (Lipinski definition) is 0. The SMILES string of the molecule is CCCCCCCCCCCCOCCCOCCCCCCCCCCCC.